The van der Waals surface area contributed by atoms with Gasteiger partial charge in [0, 0.05) is 78.1 Å². The van der Waals surface area contributed by atoms with Gasteiger partial charge in [0.2, 0.25) is 41.6 Å². The predicted octanol–water partition coefficient (Wildman–Crippen LogP) is -16.2. The molecule has 46 nitrogen and oxygen atoms in total. The number of morpholine rings is 1. The van der Waals surface area contributed by atoms with Gasteiger partial charge in [0.05, 0.1) is 118 Å². The van der Waals surface area contributed by atoms with Crippen molar-refractivity contribution in [1.82, 2.24) is 110 Å². The van der Waals surface area contributed by atoms with Crippen LogP contribution >= 0.6 is 0 Å². The SMILES string of the molecule is CCc1cn(C[C@@H]2CC[C@@H]3CN2C(=O)N3OS(=O)(=O)[O-])nn1.CN(C)Cc1cn(C[C@@H]2CC[C@@H]3CN2C(=O)N3OS(=O)(=O)[O-])nn1.COCc1cn(C[C@@H]2CC[C@@H]3CN2C(=O)N3OS(=O)(=O)[O-])nn1.O=C1N2C[C@@H](CC[C@H]2Cn2cc(CN3CCOCC3)nn2)N1OS(=O)(=O)[O-].O=C=O.[Na+].[Na+].[Na+].[Na+]. The third-order valence-electron chi connectivity index (χ3n) is 17.0. The summed E-state index contributed by atoms with van der Waals surface area (Å²) in [5, 5.41) is 35.1. The van der Waals surface area contributed by atoms with Gasteiger partial charge in [-0.1, -0.05) is 27.8 Å². The van der Waals surface area contributed by atoms with Gasteiger partial charge in [0.15, 0.2) is 0 Å². The first-order valence-electron chi connectivity index (χ1n) is 30.8. The van der Waals surface area contributed by atoms with Crippen LogP contribution in [0.25, 0.3) is 0 Å². The number of amides is 8. The summed E-state index contributed by atoms with van der Waals surface area (Å²) >= 11 is 0. The molecule has 0 aliphatic carbocycles. The molecule has 0 spiro atoms. The van der Waals surface area contributed by atoms with Gasteiger partial charge in [-0.2, -0.15) is 47.0 Å². The van der Waals surface area contributed by atoms with E-state index in [0.717, 1.165) is 36.6 Å². The maximum absolute atomic E-state index is 12.4. The zero-order chi connectivity index (χ0) is 71.7. The topological polar surface area (TPSA) is 542 Å². The minimum atomic E-state index is -4.98. The molecule has 9 aliphatic rings. The van der Waals surface area contributed by atoms with Crippen LogP contribution in [0.4, 0.5) is 19.2 Å². The largest absolute Gasteiger partial charge is 1.00 e. The normalized spacial score (nSPS) is 23.6. The fraction of sp³-hybridized carbons (Fsp3) is 0.735. The number of urea groups is 4. The number of aromatic nitrogens is 12. The van der Waals surface area contributed by atoms with E-state index in [1.54, 1.807) is 32.0 Å². The van der Waals surface area contributed by atoms with Crippen LogP contribution in [0.2, 0.25) is 0 Å². The Kier molecular flexibility index (Phi) is 34.6. The van der Waals surface area contributed by atoms with Gasteiger partial charge >= 0.3 is 149 Å². The van der Waals surface area contributed by atoms with Crippen molar-refractivity contribution in [2.45, 2.75) is 159 Å². The Hall–Kier alpha value is -3.66. The number of ether oxygens (including phenoxy) is 2. The zero-order valence-electron chi connectivity index (χ0n) is 57.7. The Morgan fingerprint density at radius 3 is 1.05 bits per heavy atom. The summed E-state index contributed by atoms with van der Waals surface area (Å²) in [5.41, 5.74) is 3.21. The number of piperidine rings is 4. The van der Waals surface area contributed by atoms with Gasteiger partial charge in [0.1, 0.15) is 5.69 Å². The first kappa shape index (κ1) is 90.0. The summed E-state index contributed by atoms with van der Waals surface area (Å²) < 4.78 is 163. The average molecular weight is 1570 g/mol. The van der Waals surface area contributed by atoms with E-state index in [1.807, 2.05) is 44.5 Å². The molecule has 13 heterocycles. The zero-order valence-corrected chi connectivity index (χ0v) is 68.9. The second kappa shape index (κ2) is 39.6. The van der Waals surface area contributed by atoms with E-state index in [1.165, 1.54) is 19.6 Å². The number of methoxy groups -OCH3 is 1. The monoisotopic (exact) mass is 1570 g/mol. The molecule has 8 amide bonds. The first-order valence-corrected chi connectivity index (χ1v) is 36.1. The summed E-state index contributed by atoms with van der Waals surface area (Å²) in [6.45, 7) is 9.95. The smallest absolute Gasteiger partial charge is 0.724 e. The molecular formula is C49H72N22Na4O24S4. The number of carbonyl (C=O) groups excluding carboxylic acids is 6. The number of carbonyl (C=O) groups is 4. The van der Waals surface area contributed by atoms with E-state index >= 15 is 0 Å². The maximum Gasteiger partial charge on any atom is 1.00 e. The standard InChI is InChI=1S/C14H22N6O6S.C12H20N6O5S.C11H17N5O6S.C11H17N5O5S.CO2.4Na/c21-14-19-10-13(20(14)26-27(22,23)24)2-1-12(19)9-18-8-11(15-16-18)7-17-3-5-25-6-4-17;1-15(2)5-9-6-16(14-13-9)7-10-3-4-11-8-17(10)12(19)18(11)23-24(20,21)22;1-21-7-8-4-14(13-12-8)5-9-2-3-10-6-15(9)11(17)16(10)22-23(18,19)20;1-2-8-5-14(13-12-8)6-9-3-4-10-7-15(9)11(17)16(10)21-22(18,19)20;2-1-3;;;;/h8,12-13H,1-7,9-10H2,(H,22,23,24);6,10-11H,3-5,7-8H2,1-2H3,(H,20,21,22);4,9-10H,2-3,5-7H2,1H3,(H,18,19,20);5,9-10H,2-4,6-7H2,1H3,(H,18,19,20);;;;;/q;;;;;4*+1/p-4/t12-,13+;10-,11+;2*9-,10+;;;;;/m0000...../s1. The molecule has 9 saturated heterocycles. The number of hydroxylamine groups is 8. The molecule has 54 heteroatoms. The van der Waals surface area contributed by atoms with Crippen molar-refractivity contribution in [2.75, 3.05) is 73.7 Å². The Bertz CT molecular complexity index is 3990. The summed E-state index contributed by atoms with van der Waals surface area (Å²) in [5.74, 6) is 0. The Balaban J connectivity index is 0.000000241. The minimum Gasteiger partial charge on any atom is -0.724 e. The van der Waals surface area contributed by atoms with Crippen molar-refractivity contribution < 1.29 is 225 Å². The Morgan fingerprint density at radius 2 is 0.757 bits per heavy atom. The van der Waals surface area contributed by atoms with Crippen LogP contribution in [-0.2, 0) is 130 Å². The second-order valence-corrected chi connectivity index (χ2v) is 28.1. The summed E-state index contributed by atoms with van der Waals surface area (Å²) in [6.07, 6.45) is 13.1. The molecule has 0 unspecified atom stereocenters. The van der Waals surface area contributed by atoms with Crippen LogP contribution in [0.1, 0.15) is 81.1 Å². The van der Waals surface area contributed by atoms with E-state index in [-0.39, 0.29) is 149 Å². The molecule has 0 N–H and O–H groups in total. The Morgan fingerprint density at radius 1 is 0.476 bits per heavy atom. The molecule has 0 aromatic carbocycles. The summed E-state index contributed by atoms with van der Waals surface area (Å²) in [7, 11) is -14.5. The molecule has 8 bridgehead atoms. The van der Waals surface area contributed by atoms with Crippen LogP contribution in [0, 0.1) is 0 Å². The van der Waals surface area contributed by atoms with Crippen LogP contribution in [-0.4, -0.2) is 314 Å². The van der Waals surface area contributed by atoms with E-state index in [2.05, 4.69) is 63.3 Å². The number of rotatable bonds is 23. The van der Waals surface area contributed by atoms with Crippen molar-refractivity contribution in [2.24, 2.45) is 0 Å². The Labute approximate surface area is 680 Å². The van der Waals surface area contributed by atoms with E-state index in [9.17, 15) is 71.1 Å². The van der Waals surface area contributed by atoms with Crippen molar-refractivity contribution in [3.63, 3.8) is 0 Å². The number of fused-ring (bicyclic) bond motifs is 8. The first-order chi connectivity index (χ1) is 46.8. The molecule has 4 aromatic heterocycles. The van der Waals surface area contributed by atoms with Crippen molar-refractivity contribution in [3.8, 4) is 0 Å². The van der Waals surface area contributed by atoms with Crippen LogP contribution in [0.15, 0.2) is 24.8 Å². The van der Waals surface area contributed by atoms with Crippen molar-refractivity contribution in [1.29, 1.82) is 0 Å². The molecule has 103 heavy (non-hydrogen) atoms. The van der Waals surface area contributed by atoms with Gasteiger partial charge in [-0.05, 0) is 71.9 Å². The van der Waals surface area contributed by atoms with Crippen molar-refractivity contribution >= 4 is 71.9 Å². The number of hydrogen-bond donors (Lipinski definition) is 0. The molecule has 0 saturated carbocycles. The van der Waals surface area contributed by atoms with Gasteiger partial charge in [0.25, 0.3) is 0 Å². The second-order valence-electron chi connectivity index (χ2n) is 24.2. The van der Waals surface area contributed by atoms with Crippen LogP contribution < -0.4 is 118 Å². The number of hydrogen-bond acceptors (Lipinski definition) is 34. The van der Waals surface area contributed by atoms with E-state index in [4.69, 9.17) is 19.1 Å². The third-order valence-corrected chi connectivity index (χ3v) is 18.4. The maximum atomic E-state index is 12.4. The predicted molar refractivity (Wildman–Crippen MR) is 315 cm³/mol. The molecular weight excluding hydrogens is 1500 g/mol. The van der Waals surface area contributed by atoms with Gasteiger partial charge < -0.3 is 52.2 Å². The van der Waals surface area contributed by atoms with Crippen LogP contribution in [0.3, 0.4) is 0 Å². The average Bonchev–Trinajstić information content (AvgIpc) is 1.65. The third kappa shape index (κ3) is 25.5. The fourth-order valence-corrected chi connectivity index (χ4v) is 14.3. The van der Waals surface area contributed by atoms with E-state index < -0.39 is 89.9 Å². The van der Waals surface area contributed by atoms with E-state index in [0.29, 0.717) is 163 Å². The molecule has 9 aliphatic heterocycles. The van der Waals surface area contributed by atoms with Gasteiger partial charge in [-0.25, -0.2) is 52.8 Å². The van der Waals surface area contributed by atoms with Crippen LogP contribution in [0.5, 0.6) is 0 Å². The van der Waals surface area contributed by atoms with Crippen molar-refractivity contribution in [3.05, 3.63) is 47.6 Å². The number of nitrogens with zero attached hydrogens (tertiary/aromatic N) is 22. The van der Waals surface area contributed by atoms with Gasteiger partial charge in [-0.15, -0.1) is 20.4 Å². The molecule has 4 aromatic rings. The molecule has 8 atom stereocenters. The number of aryl methyl sites for hydroxylation is 1. The molecule has 9 fully saturated rings. The summed E-state index contributed by atoms with van der Waals surface area (Å²) in [4.78, 5) is 75.7. The molecule has 0 radical (unpaired) electrons. The van der Waals surface area contributed by atoms with Gasteiger partial charge in [-0.3, -0.25) is 23.6 Å². The molecule has 550 valence electrons. The summed E-state index contributed by atoms with van der Waals surface area (Å²) in [6, 6.07) is -4.69. The minimum absolute atomic E-state index is 0. The quantitative estimate of drug-likeness (QED) is 0.0378. The molecule has 13 rings (SSSR count). The fourth-order valence-electron chi connectivity index (χ4n) is 12.8.